The van der Waals surface area contributed by atoms with Crippen LogP contribution in [0.25, 0.3) is 0 Å². The van der Waals surface area contributed by atoms with Crippen LogP contribution >= 0.6 is 0 Å². The summed E-state index contributed by atoms with van der Waals surface area (Å²) in [5, 5.41) is 0. The second-order valence-electron chi connectivity index (χ2n) is 0. The average molecular weight is 329 g/mol. The Kier molecular flexibility index (Phi) is 1050. The summed E-state index contributed by atoms with van der Waals surface area (Å²) in [5.74, 6) is 0. The summed E-state index contributed by atoms with van der Waals surface area (Å²) in [7, 11) is 0. The number of rotatable bonds is 0. The molecule has 0 rings (SSSR count). The predicted molar refractivity (Wildman–Crippen MR) is 7.81 cm³/mol. The van der Waals surface area contributed by atoms with Crippen LogP contribution in [0.2, 0.25) is 0 Å². The van der Waals surface area contributed by atoms with Crippen molar-refractivity contribution in [3.05, 3.63) is 0 Å². The van der Waals surface area contributed by atoms with Gasteiger partial charge in [-0.15, -0.1) is 0 Å². The molecule has 0 fully saturated rings. The minimum atomic E-state index is 0. The molecule has 6 heteroatoms. The van der Waals surface area contributed by atoms with Gasteiger partial charge in [0.2, 0.25) is 0 Å². The van der Waals surface area contributed by atoms with Crippen molar-refractivity contribution in [1.29, 1.82) is 0 Å². The van der Waals surface area contributed by atoms with Crippen molar-refractivity contribution in [1.82, 2.24) is 0 Å². The molecule has 0 aromatic carbocycles. The summed E-state index contributed by atoms with van der Waals surface area (Å²) < 4.78 is 0. The fraction of sp³-hybridized carbons (Fsp3) is 0. The van der Waals surface area contributed by atoms with Crippen LogP contribution in [-0.2, 0) is 35.9 Å². The van der Waals surface area contributed by atoms with Crippen LogP contribution in [0.1, 0.15) is 0 Å². The Balaban J connectivity index is 0. The van der Waals surface area contributed by atoms with Gasteiger partial charge in [0.05, 0.1) is 0 Å². The molecule has 0 aliphatic rings. The van der Waals surface area contributed by atoms with Gasteiger partial charge in [-0.05, 0) is 0 Å². The predicted octanol–water partition coefficient (Wildman–Crippen LogP) is -3.74. The third kappa shape index (κ3) is 37.8. The molecule has 0 aliphatic carbocycles. The SMILES string of the molecule is [Bi+3].[Li+].[O-2].[O-2].[O-2].[Zn+2]. The minimum Gasteiger partial charge on any atom is -2.00 e. The molecular weight excluding hydrogens is 329 g/mol. The van der Waals surface area contributed by atoms with Crippen molar-refractivity contribution in [2.24, 2.45) is 0 Å². The van der Waals surface area contributed by atoms with Crippen molar-refractivity contribution in [2.45, 2.75) is 0 Å². The third-order valence-corrected chi connectivity index (χ3v) is 0. The van der Waals surface area contributed by atoms with Gasteiger partial charge in [-0.25, -0.2) is 0 Å². The molecule has 0 aromatic rings. The summed E-state index contributed by atoms with van der Waals surface area (Å²) >= 11 is 0. The second-order valence-corrected chi connectivity index (χ2v) is 0. The molecule has 2 radical (unpaired) electrons. The maximum atomic E-state index is 0. The summed E-state index contributed by atoms with van der Waals surface area (Å²) in [6.45, 7) is 0. The molecule has 0 aromatic heterocycles. The van der Waals surface area contributed by atoms with Crippen LogP contribution in [0.3, 0.4) is 0 Å². The maximum absolute atomic E-state index is 0. The molecule has 0 aliphatic heterocycles. The van der Waals surface area contributed by atoms with Crippen molar-refractivity contribution in [2.75, 3.05) is 0 Å². The molecule has 0 unspecified atom stereocenters. The topological polar surface area (TPSA) is 85.5 Å². The van der Waals surface area contributed by atoms with Crippen LogP contribution in [-0.4, -0.2) is 26.2 Å². The Morgan fingerprint density at radius 2 is 0.667 bits per heavy atom. The molecule has 0 heterocycles. The summed E-state index contributed by atoms with van der Waals surface area (Å²) in [6.07, 6.45) is 0. The van der Waals surface area contributed by atoms with Gasteiger partial charge in [-0.3, -0.25) is 0 Å². The van der Waals surface area contributed by atoms with Gasteiger partial charge in [-0.2, -0.15) is 0 Å². The minimum absolute atomic E-state index is 0. The first-order chi connectivity index (χ1) is 0. The van der Waals surface area contributed by atoms with E-state index in [9.17, 15) is 0 Å². The van der Waals surface area contributed by atoms with Crippen LogP contribution in [0.5, 0.6) is 0 Å². The van der Waals surface area contributed by atoms with Gasteiger partial charge >= 0.3 is 64.5 Å². The quantitative estimate of drug-likeness (QED) is 0.409. The molecule has 6 heavy (non-hydrogen) atoms. The first kappa shape index (κ1) is 98.9. The van der Waals surface area contributed by atoms with Gasteiger partial charge in [-0.1, -0.05) is 0 Å². The average Bonchev–Trinajstić information content (AvgIpc) is 0. The van der Waals surface area contributed by atoms with E-state index in [0.717, 1.165) is 0 Å². The van der Waals surface area contributed by atoms with E-state index >= 15 is 0 Å². The monoisotopic (exact) mass is 328 g/mol. The molecule has 0 atom stereocenters. The standard InChI is InChI=1S/Bi.Li.3O.Zn/q+3;+1;3*-2;+2. The molecule has 0 bridgehead atoms. The van der Waals surface area contributed by atoms with E-state index in [1.165, 1.54) is 0 Å². The van der Waals surface area contributed by atoms with Crippen LogP contribution in [0.15, 0.2) is 0 Å². The molecule has 0 spiro atoms. The molecular formula is BiLiO3Zn. The van der Waals surface area contributed by atoms with Crippen molar-refractivity contribution in [3.8, 4) is 0 Å². The Morgan fingerprint density at radius 1 is 0.667 bits per heavy atom. The zero-order valence-electron chi connectivity index (χ0n) is 3.38. The fourth-order valence-corrected chi connectivity index (χ4v) is 0. The van der Waals surface area contributed by atoms with Crippen LogP contribution in [0, 0.1) is 0 Å². The van der Waals surface area contributed by atoms with E-state index in [-0.39, 0.29) is 81.0 Å². The smallest absolute Gasteiger partial charge is 2.00 e. The molecule has 26 valence electrons. The zero-order valence-corrected chi connectivity index (χ0v) is 9.82. The first-order valence-electron chi connectivity index (χ1n) is 0. The van der Waals surface area contributed by atoms with Gasteiger partial charge in [0, 0.05) is 0 Å². The second kappa shape index (κ2) is 63.5. The fourth-order valence-electron chi connectivity index (χ4n) is 0. The molecule has 0 N–H and O–H groups in total. The van der Waals surface area contributed by atoms with Crippen LogP contribution in [0.4, 0.5) is 0 Å². The number of hydrogen-bond donors (Lipinski definition) is 0. The Labute approximate surface area is 80.2 Å². The van der Waals surface area contributed by atoms with Crippen LogP contribution < -0.4 is 18.9 Å². The van der Waals surface area contributed by atoms with Crippen molar-refractivity contribution in [3.63, 3.8) is 0 Å². The Morgan fingerprint density at radius 3 is 0.667 bits per heavy atom. The summed E-state index contributed by atoms with van der Waals surface area (Å²) in [6, 6.07) is 0. The first-order valence-corrected chi connectivity index (χ1v) is 0. The van der Waals surface area contributed by atoms with E-state index in [1.54, 1.807) is 0 Å². The van der Waals surface area contributed by atoms with Gasteiger partial charge in [0.15, 0.2) is 0 Å². The zero-order chi connectivity index (χ0) is 0. The van der Waals surface area contributed by atoms with Crippen molar-refractivity contribution < 1.29 is 54.8 Å². The van der Waals surface area contributed by atoms with Crippen molar-refractivity contribution >= 4 is 26.2 Å². The normalized spacial score (nSPS) is 0. The number of hydrogen-bond acceptors (Lipinski definition) is 0. The van der Waals surface area contributed by atoms with E-state index in [2.05, 4.69) is 0 Å². The maximum Gasteiger partial charge on any atom is 3.00 e. The molecule has 0 amide bonds. The van der Waals surface area contributed by atoms with E-state index in [1.807, 2.05) is 0 Å². The molecule has 0 saturated carbocycles. The Hall–Kier alpha value is 1.98. The summed E-state index contributed by atoms with van der Waals surface area (Å²) in [5.41, 5.74) is 0. The summed E-state index contributed by atoms with van der Waals surface area (Å²) in [4.78, 5) is 0. The largest absolute Gasteiger partial charge is 3.00 e. The van der Waals surface area contributed by atoms with Gasteiger partial charge in [0.25, 0.3) is 0 Å². The van der Waals surface area contributed by atoms with E-state index < -0.39 is 0 Å². The van der Waals surface area contributed by atoms with E-state index in [4.69, 9.17) is 0 Å². The molecule has 0 saturated heterocycles. The molecule has 3 nitrogen and oxygen atoms in total. The Bertz CT molecular complexity index is 10.8. The van der Waals surface area contributed by atoms with Gasteiger partial charge in [0.1, 0.15) is 0 Å². The van der Waals surface area contributed by atoms with Gasteiger partial charge < -0.3 is 16.4 Å². The third-order valence-electron chi connectivity index (χ3n) is 0. The van der Waals surface area contributed by atoms with E-state index in [0.29, 0.717) is 0 Å².